The van der Waals surface area contributed by atoms with Crippen molar-refractivity contribution in [1.29, 1.82) is 0 Å². The van der Waals surface area contributed by atoms with Gasteiger partial charge in [0.1, 0.15) is 11.9 Å². The Morgan fingerprint density at radius 3 is 2.50 bits per heavy atom. The second-order valence-electron chi connectivity index (χ2n) is 2.06. The van der Waals surface area contributed by atoms with Gasteiger partial charge in [0, 0.05) is 13.2 Å². The zero-order valence-corrected chi connectivity index (χ0v) is 6.42. The van der Waals surface area contributed by atoms with Crippen LogP contribution in [0.5, 0.6) is 0 Å². The lowest BCUT2D eigenvalue weighted by atomic mass is 10.3. The minimum absolute atomic E-state index is 0.0324. The van der Waals surface area contributed by atoms with E-state index in [2.05, 4.69) is 0 Å². The van der Waals surface area contributed by atoms with Gasteiger partial charge in [0.15, 0.2) is 5.78 Å². The van der Waals surface area contributed by atoms with E-state index in [0.717, 1.165) is 6.08 Å². The van der Waals surface area contributed by atoms with Crippen LogP contribution in [0.4, 0.5) is 0 Å². The molecule has 0 aromatic carbocycles. The zero-order valence-electron chi connectivity index (χ0n) is 6.42. The van der Waals surface area contributed by atoms with Crippen LogP contribution in [0, 0.1) is 0 Å². The second-order valence-corrected chi connectivity index (χ2v) is 2.06. The van der Waals surface area contributed by atoms with E-state index in [1.165, 1.54) is 14.0 Å². The molecule has 58 valence electrons. The highest BCUT2D eigenvalue weighted by Gasteiger charge is 2.04. The van der Waals surface area contributed by atoms with Crippen molar-refractivity contribution in [2.45, 2.75) is 20.0 Å². The van der Waals surface area contributed by atoms with Crippen molar-refractivity contribution >= 4 is 5.78 Å². The Morgan fingerprint density at radius 2 is 2.20 bits per heavy atom. The number of carbonyl (C=O) groups is 1. The number of carbonyl (C=O) groups excluding carboxylic acids is 1. The summed E-state index contributed by atoms with van der Waals surface area (Å²) in [5, 5.41) is 9.00. The maximum absolute atomic E-state index is 10.4. The fourth-order valence-corrected chi connectivity index (χ4v) is 0.446. The highest BCUT2D eigenvalue weighted by Crippen LogP contribution is 2.00. The molecule has 1 N–H and O–H groups in total. The molecule has 0 rings (SSSR count). The van der Waals surface area contributed by atoms with E-state index in [9.17, 15) is 4.79 Å². The third kappa shape index (κ3) is 3.25. The minimum atomic E-state index is -0.399. The smallest absolute Gasteiger partial charge is 0.156 e. The molecule has 1 atom stereocenters. The van der Waals surface area contributed by atoms with E-state index in [1.807, 2.05) is 0 Å². The summed E-state index contributed by atoms with van der Waals surface area (Å²) in [5.74, 6) is -0.212. The molecule has 0 heterocycles. The number of hydrogen-bond donors (Lipinski definition) is 1. The third-order valence-corrected chi connectivity index (χ3v) is 1.12. The molecular formula is C7H12O3. The summed E-state index contributed by atoms with van der Waals surface area (Å²) >= 11 is 0. The summed E-state index contributed by atoms with van der Waals surface area (Å²) in [5.41, 5.74) is 0. The Balaban J connectivity index is 4.04. The van der Waals surface area contributed by atoms with E-state index in [1.54, 1.807) is 6.92 Å². The second kappa shape index (κ2) is 4.06. The molecule has 0 fully saturated rings. The number of allylic oxidation sites excluding steroid dienone is 1. The molecule has 3 heteroatoms. The highest BCUT2D eigenvalue weighted by molar-refractivity contribution is 5.87. The molecule has 0 saturated heterocycles. The molecule has 0 aromatic heterocycles. The van der Waals surface area contributed by atoms with Gasteiger partial charge in [-0.2, -0.15) is 0 Å². The van der Waals surface area contributed by atoms with E-state index >= 15 is 0 Å². The zero-order chi connectivity index (χ0) is 8.15. The largest absolute Gasteiger partial charge is 0.509 e. The van der Waals surface area contributed by atoms with Crippen LogP contribution in [0.3, 0.4) is 0 Å². The van der Waals surface area contributed by atoms with E-state index in [0.29, 0.717) is 0 Å². The molecule has 0 aliphatic carbocycles. The first kappa shape index (κ1) is 9.17. The van der Waals surface area contributed by atoms with Gasteiger partial charge in [0.2, 0.25) is 0 Å². The predicted molar refractivity (Wildman–Crippen MR) is 37.9 cm³/mol. The lowest BCUT2D eigenvalue weighted by molar-refractivity contribution is -0.112. The van der Waals surface area contributed by atoms with Crippen molar-refractivity contribution in [2.24, 2.45) is 0 Å². The van der Waals surface area contributed by atoms with Gasteiger partial charge in [0.05, 0.1) is 0 Å². The Kier molecular flexibility index (Phi) is 3.72. The first-order valence-corrected chi connectivity index (χ1v) is 3.02. The van der Waals surface area contributed by atoms with Crippen molar-refractivity contribution in [2.75, 3.05) is 7.11 Å². The van der Waals surface area contributed by atoms with Crippen LogP contribution < -0.4 is 0 Å². The average molecular weight is 144 g/mol. The predicted octanol–water partition coefficient (Wildman–Crippen LogP) is 1.05. The van der Waals surface area contributed by atoms with Crippen molar-refractivity contribution in [3.05, 3.63) is 11.8 Å². The third-order valence-electron chi connectivity index (χ3n) is 1.12. The number of rotatable bonds is 3. The lowest BCUT2D eigenvalue weighted by Gasteiger charge is -2.06. The average Bonchev–Trinajstić information content (AvgIpc) is 1.85. The molecule has 10 heavy (non-hydrogen) atoms. The minimum Gasteiger partial charge on any atom is -0.509 e. The summed E-state index contributed by atoms with van der Waals surface area (Å²) in [4.78, 5) is 10.4. The molecule has 0 spiro atoms. The fourth-order valence-electron chi connectivity index (χ4n) is 0.446. The van der Waals surface area contributed by atoms with Crippen LogP contribution in [-0.2, 0) is 9.53 Å². The number of aliphatic hydroxyl groups excluding tert-OH is 1. The highest BCUT2D eigenvalue weighted by atomic mass is 16.5. The molecule has 1 unspecified atom stereocenters. The molecule has 0 bridgehead atoms. The maximum atomic E-state index is 10.4. The Hall–Kier alpha value is -0.830. The van der Waals surface area contributed by atoms with Crippen LogP contribution in [0.2, 0.25) is 0 Å². The molecule has 3 nitrogen and oxygen atoms in total. The standard InChI is InChI=1S/C7H12O3/c1-5(8)4-7(9)6(2)10-3/h4,6,9H,1-3H3. The van der Waals surface area contributed by atoms with Gasteiger partial charge in [-0.3, -0.25) is 4.79 Å². The number of hydrogen-bond acceptors (Lipinski definition) is 3. The summed E-state index contributed by atoms with van der Waals surface area (Å²) in [6, 6.07) is 0. The van der Waals surface area contributed by atoms with Crippen molar-refractivity contribution in [3.8, 4) is 0 Å². The molecule has 0 saturated carbocycles. The van der Waals surface area contributed by atoms with Crippen molar-refractivity contribution in [1.82, 2.24) is 0 Å². The van der Waals surface area contributed by atoms with Gasteiger partial charge in [-0.1, -0.05) is 0 Å². The Labute approximate surface area is 60.3 Å². The van der Waals surface area contributed by atoms with Gasteiger partial charge < -0.3 is 9.84 Å². The number of ether oxygens (including phenoxy) is 1. The van der Waals surface area contributed by atoms with Gasteiger partial charge in [0.25, 0.3) is 0 Å². The molecule has 0 aliphatic heterocycles. The van der Waals surface area contributed by atoms with E-state index in [-0.39, 0.29) is 11.5 Å². The van der Waals surface area contributed by atoms with Crippen LogP contribution >= 0.6 is 0 Å². The normalized spacial score (nSPS) is 14.9. The van der Waals surface area contributed by atoms with Crippen LogP contribution in [0.15, 0.2) is 11.8 Å². The Bertz CT molecular complexity index is 149. The first-order chi connectivity index (χ1) is 4.57. The monoisotopic (exact) mass is 144 g/mol. The summed E-state index contributed by atoms with van der Waals surface area (Å²) in [7, 11) is 1.47. The van der Waals surface area contributed by atoms with Crippen LogP contribution in [0.25, 0.3) is 0 Å². The van der Waals surface area contributed by atoms with Crippen molar-refractivity contribution < 1.29 is 14.6 Å². The van der Waals surface area contributed by atoms with Crippen LogP contribution in [0.1, 0.15) is 13.8 Å². The number of aliphatic hydroxyl groups is 1. The molecular weight excluding hydrogens is 132 g/mol. The fraction of sp³-hybridized carbons (Fsp3) is 0.571. The summed E-state index contributed by atoms with van der Waals surface area (Å²) in [6.45, 7) is 3.04. The maximum Gasteiger partial charge on any atom is 0.156 e. The summed E-state index contributed by atoms with van der Waals surface area (Å²) in [6.07, 6.45) is 0.748. The summed E-state index contributed by atoms with van der Waals surface area (Å²) < 4.78 is 4.74. The lowest BCUT2D eigenvalue weighted by Crippen LogP contribution is -2.09. The van der Waals surface area contributed by atoms with Gasteiger partial charge >= 0.3 is 0 Å². The quantitative estimate of drug-likeness (QED) is 0.475. The molecule has 0 amide bonds. The van der Waals surface area contributed by atoms with Crippen LogP contribution in [-0.4, -0.2) is 24.1 Å². The van der Waals surface area contributed by atoms with Gasteiger partial charge in [-0.25, -0.2) is 0 Å². The number of ketones is 1. The van der Waals surface area contributed by atoms with E-state index < -0.39 is 6.10 Å². The molecule has 0 radical (unpaired) electrons. The first-order valence-electron chi connectivity index (χ1n) is 3.02. The SMILES string of the molecule is COC(C)C(O)=CC(C)=O. The topological polar surface area (TPSA) is 46.5 Å². The molecule has 0 aromatic rings. The number of methoxy groups -OCH3 is 1. The molecule has 0 aliphatic rings. The van der Waals surface area contributed by atoms with Gasteiger partial charge in [-0.05, 0) is 13.8 Å². The Morgan fingerprint density at radius 1 is 1.70 bits per heavy atom. The van der Waals surface area contributed by atoms with Crippen molar-refractivity contribution in [3.63, 3.8) is 0 Å². The van der Waals surface area contributed by atoms with E-state index in [4.69, 9.17) is 9.84 Å². The van der Waals surface area contributed by atoms with Gasteiger partial charge in [-0.15, -0.1) is 0 Å².